The Morgan fingerprint density at radius 3 is 2.30 bits per heavy atom. The molecule has 0 saturated carbocycles. The highest BCUT2D eigenvalue weighted by atomic mass is 16.3. The van der Waals surface area contributed by atoms with E-state index in [1.54, 1.807) is 0 Å². The molecule has 0 spiro atoms. The summed E-state index contributed by atoms with van der Waals surface area (Å²) in [6, 6.07) is 26.9. The number of aromatic nitrogens is 1. The first-order chi connectivity index (χ1) is 11.4. The minimum Gasteiger partial charge on any atom is -0.435 e. The molecule has 1 aromatic heterocycles. The summed E-state index contributed by atoms with van der Waals surface area (Å²) in [6.07, 6.45) is 0. The molecular formula is C21H13NO. The van der Waals surface area contributed by atoms with Gasteiger partial charge in [0, 0.05) is 10.9 Å². The third-order valence-electron chi connectivity index (χ3n) is 4.28. The molecule has 0 aliphatic heterocycles. The molecule has 0 fully saturated rings. The molecule has 0 amide bonds. The molecule has 0 bridgehead atoms. The van der Waals surface area contributed by atoms with Crippen molar-refractivity contribution >= 4 is 32.6 Å². The zero-order valence-corrected chi connectivity index (χ0v) is 12.4. The summed E-state index contributed by atoms with van der Waals surface area (Å²) in [5, 5.41) is 4.72. The van der Waals surface area contributed by atoms with E-state index in [1.807, 2.05) is 36.4 Å². The molecule has 108 valence electrons. The van der Waals surface area contributed by atoms with Crippen LogP contribution in [0.3, 0.4) is 0 Å². The third-order valence-corrected chi connectivity index (χ3v) is 4.28. The number of rotatable bonds is 1. The number of fused-ring (bicyclic) bond motifs is 5. The lowest BCUT2D eigenvalue weighted by Gasteiger charge is -2.03. The summed E-state index contributed by atoms with van der Waals surface area (Å²) in [4.78, 5) is 4.67. The molecular weight excluding hydrogens is 282 g/mol. The van der Waals surface area contributed by atoms with E-state index in [9.17, 15) is 0 Å². The highest BCUT2D eigenvalue weighted by molar-refractivity contribution is 6.17. The summed E-state index contributed by atoms with van der Waals surface area (Å²) < 4.78 is 6.16. The first-order valence-corrected chi connectivity index (χ1v) is 7.66. The van der Waals surface area contributed by atoms with E-state index in [0.717, 1.165) is 22.0 Å². The van der Waals surface area contributed by atoms with Gasteiger partial charge < -0.3 is 4.42 Å². The van der Waals surface area contributed by atoms with Gasteiger partial charge in [0.15, 0.2) is 5.58 Å². The molecule has 0 aliphatic rings. The SMILES string of the molecule is c1ccc(-c2nc3ccc4ccc5ccccc5c4c3o2)cc1. The van der Waals surface area contributed by atoms with Crippen molar-refractivity contribution in [2.24, 2.45) is 0 Å². The molecule has 5 aromatic rings. The van der Waals surface area contributed by atoms with Crippen molar-refractivity contribution in [3.63, 3.8) is 0 Å². The molecule has 1 heterocycles. The van der Waals surface area contributed by atoms with E-state index in [1.165, 1.54) is 16.2 Å². The van der Waals surface area contributed by atoms with Crippen LogP contribution >= 0.6 is 0 Å². The molecule has 0 N–H and O–H groups in total. The van der Waals surface area contributed by atoms with Crippen molar-refractivity contribution in [2.45, 2.75) is 0 Å². The number of oxazole rings is 1. The Morgan fingerprint density at radius 2 is 1.39 bits per heavy atom. The third kappa shape index (κ3) is 1.85. The van der Waals surface area contributed by atoms with Gasteiger partial charge in [0.05, 0.1) is 0 Å². The van der Waals surface area contributed by atoms with Gasteiger partial charge in [-0.3, -0.25) is 0 Å². The van der Waals surface area contributed by atoms with Crippen LogP contribution in [0.4, 0.5) is 0 Å². The van der Waals surface area contributed by atoms with Crippen molar-refractivity contribution in [3.8, 4) is 11.5 Å². The summed E-state index contributed by atoms with van der Waals surface area (Å²) >= 11 is 0. The van der Waals surface area contributed by atoms with Gasteiger partial charge in [-0.15, -0.1) is 0 Å². The highest BCUT2D eigenvalue weighted by Gasteiger charge is 2.12. The summed E-state index contributed by atoms with van der Waals surface area (Å²) in [5.41, 5.74) is 2.75. The van der Waals surface area contributed by atoms with Crippen LogP contribution in [0, 0.1) is 0 Å². The topological polar surface area (TPSA) is 26.0 Å². The predicted octanol–water partition coefficient (Wildman–Crippen LogP) is 5.80. The second kappa shape index (κ2) is 4.68. The molecule has 0 saturated heterocycles. The minimum atomic E-state index is 0.668. The molecule has 2 nitrogen and oxygen atoms in total. The fraction of sp³-hybridized carbons (Fsp3) is 0. The van der Waals surface area contributed by atoms with Crippen LogP contribution < -0.4 is 0 Å². The molecule has 23 heavy (non-hydrogen) atoms. The fourth-order valence-corrected chi connectivity index (χ4v) is 3.18. The van der Waals surface area contributed by atoms with Gasteiger partial charge in [0.1, 0.15) is 5.52 Å². The Morgan fingerprint density at radius 1 is 0.652 bits per heavy atom. The maximum atomic E-state index is 6.16. The van der Waals surface area contributed by atoms with Crippen molar-refractivity contribution in [1.29, 1.82) is 0 Å². The predicted molar refractivity (Wildman–Crippen MR) is 94.5 cm³/mol. The van der Waals surface area contributed by atoms with Crippen LogP contribution in [-0.4, -0.2) is 4.98 Å². The summed E-state index contributed by atoms with van der Waals surface area (Å²) in [7, 11) is 0. The molecule has 2 heteroatoms. The quantitative estimate of drug-likeness (QED) is 0.365. The maximum absolute atomic E-state index is 6.16. The zero-order chi connectivity index (χ0) is 15.2. The van der Waals surface area contributed by atoms with Gasteiger partial charge in [-0.2, -0.15) is 0 Å². The van der Waals surface area contributed by atoms with Gasteiger partial charge in [-0.25, -0.2) is 4.98 Å². The first kappa shape index (κ1) is 12.4. The zero-order valence-electron chi connectivity index (χ0n) is 12.4. The number of nitrogens with zero attached hydrogens (tertiary/aromatic N) is 1. The lowest BCUT2D eigenvalue weighted by Crippen LogP contribution is -1.78. The first-order valence-electron chi connectivity index (χ1n) is 7.66. The van der Waals surface area contributed by atoms with Gasteiger partial charge in [0.25, 0.3) is 0 Å². The second-order valence-corrected chi connectivity index (χ2v) is 5.68. The van der Waals surface area contributed by atoms with Crippen LogP contribution in [0.1, 0.15) is 0 Å². The Balaban J connectivity index is 1.92. The van der Waals surface area contributed by atoms with Crippen molar-refractivity contribution in [2.75, 3.05) is 0 Å². The Bertz CT molecular complexity index is 1160. The summed E-state index contributed by atoms with van der Waals surface area (Å²) in [6.45, 7) is 0. The fourth-order valence-electron chi connectivity index (χ4n) is 3.18. The van der Waals surface area contributed by atoms with Crippen molar-refractivity contribution < 1.29 is 4.42 Å². The average molecular weight is 295 g/mol. The second-order valence-electron chi connectivity index (χ2n) is 5.68. The van der Waals surface area contributed by atoms with E-state index in [4.69, 9.17) is 4.42 Å². The lowest BCUT2D eigenvalue weighted by molar-refractivity contribution is 0.623. The van der Waals surface area contributed by atoms with Crippen molar-refractivity contribution in [1.82, 2.24) is 4.98 Å². The molecule has 0 aliphatic carbocycles. The lowest BCUT2D eigenvalue weighted by atomic mass is 10.0. The monoisotopic (exact) mass is 295 g/mol. The largest absolute Gasteiger partial charge is 0.435 e. The van der Waals surface area contributed by atoms with E-state index >= 15 is 0 Å². The number of hydrogen-bond donors (Lipinski definition) is 0. The van der Waals surface area contributed by atoms with Crippen LogP contribution in [-0.2, 0) is 0 Å². The normalized spacial score (nSPS) is 11.5. The average Bonchev–Trinajstić information content (AvgIpc) is 3.06. The van der Waals surface area contributed by atoms with Crippen LogP contribution in [0.2, 0.25) is 0 Å². The molecule has 0 atom stereocenters. The van der Waals surface area contributed by atoms with Gasteiger partial charge in [-0.05, 0) is 34.4 Å². The Kier molecular flexibility index (Phi) is 2.53. The standard InChI is InChI=1S/C21H13NO/c1-2-7-16(8-3-1)21-22-18-13-12-15-11-10-14-6-4-5-9-17(14)19(15)20(18)23-21/h1-13H. The molecule has 4 aromatic carbocycles. The maximum Gasteiger partial charge on any atom is 0.227 e. The molecule has 0 radical (unpaired) electrons. The van der Waals surface area contributed by atoms with Gasteiger partial charge in [-0.1, -0.05) is 60.7 Å². The van der Waals surface area contributed by atoms with E-state index in [2.05, 4.69) is 47.4 Å². The van der Waals surface area contributed by atoms with E-state index in [-0.39, 0.29) is 0 Å². The Labute approximate surface area is 133 Å². The van der Waals surface area contributed by atoms with Gasteiger partial charge in [0.2, 0.25) is 5.89 Å². The summed E-state index contributed by atoms with van der Waals surface area (Å²) in [5.74, 6) is 0.668. The van der Waals surface area contributed by atoms with Crippen LogP contribution in [0.5, 0.6) is 0 Å². The molecule has 5 rings (SSSR count). The highest BCUT2D eigenvalue weighted by Crippen LogP contribution is 2.34. The van der Waals surface area contributed by atoms with Crippen molar-refractivity contribution in [3.05, 3.63) is 78.9 Å². The number of hydrogen-bond acceptors (Lipinski definition) is 2. The number of benzene rings is 4. The van der Waals surface area contributed by atoms with Crippen LogP contribution in [0.15, 0.2) is 83.3 Å². The van der Waals surface area contributed by atoms with E-state index < -0.39 is 0 Å². The van der Waals surface area contributed by atoms with E-state index in [0.29, 0.717) is 5.89 Å². The smallest absolute Gasteiger partial charge is 0.227 e. The van der Waals surface area contributed by atoms with Crippen LogP contribution in [0.25, 0.3) is 44.1 Å². The minimum absolute atomic E-state index is 0.668. The van der Waals surface area contributed by atoms with Gasteiger partial charge >= 0.3 is 0 Å². The molecule has 0 unspecified atom stereocenters. The Hall–Kier alpha value is -3.13.